The van der Waals surface area contributed by atoms with Crippen LogP contribution >= 0.6 is 11.3 Å². The van der Waals surface area contributed by atoms with Crippen molar-refractivity contribution in [1.82, 2.24) is 9.55 Å². The molecule has 0 unspecified atom stereocenters. The predicted octanol–water partition coefficient (Wildman–Crippen LogP) is 3.53. The highest BCUT2D eigenvalue weighted by Crippen LogP contribution is 2.22. The second kappa shape index (κ2) is 7.71. The van der Waals surface area contributed by atoms with Crippen molar-refractivity contribution in [2.75, 3.05) is 23.3 Å². The Kier molecular flexibility index (Phi) is 5.13. The van der Waals surface area contributed by atoms with Crippen molar-refractivity contribution in [1.29, 1.82) is 0 Å². The highest BCUT2D eigenvalue weighted by Gasteiger charge is 2.21. The molecule has 1 saturated heterocycles. The lowest BCUT2D eigenvalue weighted by molar-refractivity contribution is -0.116. The fraction of sp³-hybridized carbons (Fsp3) is 0.350. The Hall–Kier alpha value is -2.74. The zero-order chi connectivity index (χ0) is 19.7. The molecule has 1 amide bonds. The number of aryl methyl sites for hydroxylation is 1. The topological polar surface area (TPSA) is 67.2 Å². The number of anilines is 2. The lowest BCUT2D eigenvalue weighted by Gasteiger charge is -2.29. The number of halogens is 1. The number of carbonyl (C=O) groups is 1. The molecule has 1 aromatic carbocycles. The van der Waals surface area contributed by atoms with Gasteiger partial charge in [-0.05, 0) is 61.4 Å². The number of nitrogens with one attached hydrogen (secondary N) is 1. The van der Waals surface area contributed by atoms with Crippen molar-refractivity contribution in [3.8, 4) is 0 Å². The number of aromatic nitrogens is 2. The second-order valence-corrected chi connectivity index (χ2v) is 7.91. The molecule has 3 aromatic rings. The van der Waals surface area contributed by atoms with Crippen molar-refractivity contribution >= 4 is 39.1 Å². The van der Waals surface area contributed by atoms with Crippen molar-refractivity contribution in [3.05, 3.63) is 51.4 Å². The van der Waals surface area contributed by atoms with Crippen molar-refractivity contribution in [2.24, 2.45) is 0 Å². The maximum absolute atomic E-state index is 13.4. The Balaban J connectivity index is 1.66. The number of hydrogen-bond acceptors (Lipinski definition) is 5. The first-order valence-electron chi connectivity index (χ1n) is 9.32. The normalized spacial score (nSPS) is 14.4. The summed E-state index contributed by atoms with van der Waals surface area (Å²) in [6, 6.07) is 6.23. The summed E-state index contributed by atoms with van der Waals surface area (Å²) < 4.78 is 15.4. The largest absolute Gasteiger partial charge is 0.342 e. The standard InChI is InChI=1S/C20H21FN4O2S/c1-13-11-14(5-6-15(13)21)22-17(26)12-25-19(27)18-16(7-10-28-18)23-20(25)24-8-3-2-4-9-24/h5-7,10-11H,2-4,8-9,12H2,1H3,(H,22,26). The van der Waals surface area contributed by atoms with Crippen molar-refractivity contribution in [3.63, 3.8) is 0 Å². The van der Waals surface area contributed by atoms with E-state index in [4.69, 9.17) is 0 Å². The summed E-state index contributed by atoms with van der Waals surface area (Å²) in [7, 11) is 0. The molecular weight excluding hydrogens is 379 g/mol. The molecule has 0 atom stereocenters. The van der Waals surface area contributed by atoms with Gasteiger partial charge in [-0.2, -0.15) is 0 Å². The third-order valence-electron chi connectivity index (χ3n) is 4.93. The number of thiophene rings is 1. The van der Waals surface area contributed by atoms with E-state index in [2.05, 4.69) is 15.2 Å². The van der Waals surface area contributed by atoms with Crippen LogP contribution in [0.2, 0.25) is 0 Å². The van der Waals surface area contributed by atoms with E-state index < -0.39 is 0 Å². The molecule has 1 fully saturated rings. The maximum atomic E-state index is 13.4. The summed E-state index contributed by atoms with van der Waals surface area (Å²) in [4.78, 5) is 32.4. The molecule has 6 nitrogen and oxygen atoms in total. The minimum Gasteiger partial charge on any atom is -0.342 e. The molecule has 0 aliphatic carbocycles. The monoisotopic (exact) mass is 400 g/mol. The summed E-state index contributed by atoms with van der Waals surface area (Å²) in [6.45, 7) is 3.14. The van der Waals surface area contributed by atoms with Gasteiger partial charge in [0, 0.05) is 18.8 Å². The first-order valence-corrected chi connectivity index (χ1v) is 10.2. The van der Waals surface area contributed by atoms with Crippen LogP contribution in [0.3, 0.4) is 0 Å². The summed E-state index contributed by atoms with van der Waals surface area (Å²) in [5.74, 6) is -0.126. The Morgan fingerprint density at radius 3 is 2.79 bits per heavy atom. The van der Waals surface area contributed by atoms with Crippen LogP contribution < -0.4 is 15.8 Å². The number of nitrogens with zero attached hydrogens (tertiary/aromatic N) is 3. The number of benzene rings is 1. The molecule has 0 radical (unpaired) electrons. The third-order valence-corrected chi connectivity index (χ3v) is 5.82. The van der Waals surface area contributed by atoms with Gasteiger partial charge in [-0.3, -0.25) is 14.2 Å². The van der Waals surface area contributed by atoms with Gasteiger partial charge < -0.3 is 10.2 Å². The van der Waals surface area contributed by atoms with E-state index in [1.165, 1.54) is 28.0 Å². The number of rotatable bonds is 4. The summed E-state index contributed by atoms with van der Waals surface area (Å²) in [6.07, 6.45) is 3.24. The molecule has 4 rings (SSSR count). The second-order valence-electron chi connectivity index (χ2n) is 7.00. The van der Waals surface area contributed by atoms with Crippen LogP contribution in [0.4, 0.5) is 16.0 Å². The summed E-state index contributed by atoms with van der Waals surface area (Å²) >= 11 is 1.33. The number of amides is 1. The third kappa shape index (κ3) is 3.64. The Bertz CT molecular complexity index is 1090. The molecule has 2 aromatic heterocycles. The molecule has 8 heteroatoms. The van der Waals surface area contributed by atoms with Gasteiger partial charge in [0.25, 0.3) is 5.56 Å². The van der Waals surface area contributed by atoms with Gasteiger partial charge in [0.2, 0.25) is 11.9 Å². The van der Waals surface area contributed by atoms with Crippen LogP contribution in [-0.2, 0) is 11.3 Å². The molecule has 3 heterocycles. The van der Waals surface area contributed by atoms with Gasteiger partial charge >= 0.3 is 0 Å². The van der Waals surface area contributed by atoms with Crippen LogP contribution in [0.5, 0.6) is 0 Å². The Labute approximate surface area is 165 Å². The molecule has 28 heavy (non-hydrogen) atoms. The van der Waals surface area contributed by atoms with Crippen LogP contribution in [0, 0.1) is 12.7 Å². The molecule has 146 valence electrons. The highest BCUT2D eigenvalue weighted by molar-refractivity contribution is 7.17. The number of fused-ring (bicyclic) bond motifs is 1. The quantitative estimate of drug-likeness (QED) is 0.728. The molecule has 1 N–H and O–H groups in total. The van der Waals surface area contributed by atoms with Crippen LogP contribution in [0.25, 0.3) is 10.2 Å². The fourth-order valence-corrected chi connectivity index (χ4v) is 4.25. The molecule has 0 spiro atoms. The van der Waals surface area contributed by atoms with Gasteiger partial charge in [-0.25, -0.2) is 9.37 Å². The van der Waals surface area contributed by atoms with E-state index in [1.807, 2.05) is 11.4 Å². The smallest absolute Gasteiger partial charge is 0.273 e. The lowest BCUT2D eigenvalue weighted by Crippen LogP contribution is -2.38. The fourth-order valence-electron chi connectivity index (χ4n) is 3.48. The molecule has 1 aliphatic heterocycles. The minimum atomic E-state index is -0.343. The highest BCUT2D eigenvalue weighted by atomic mass is 32.1. The van der Waals surface area contributed by atoms with Crippen LogP contribution in [0.1, 0.15) is 24.8 Å². The zero-order valence-electron chi connectivity index (χ0n) is 15.6. The van der Waals surface area contributed by atoms with E-state index in [9.17, 15) is 14.0 Å². The average Bonchev–Trinajstić information content (AvgIpc) is 3.16. The molecule has 0 saturated carbocycles. The number of hydrogen-bond donors (Lipinski definition) is 1. The average molecular weight is 400 g/mol. The zero-order valence-corrected chi connectivity index (χ0v) is 16.4. The Morgan fingerprint density at radius 1 is 1.25 bits per heavy atom. The van der Waals surface area contributed by atoms with Gasteiger partial charge in [-0.1, -0.05) is 0 Å². The van der Waals surface area contributed by atoms with Gasteiger partial charge in [-0.15, -0.1) is 11.3 Å². The Morgan fingerprint density at radius 2 is 2.04 bits per heavy atom. The number of piperidine rings is 1. The lowest BCUT2D eigenvalue weighted by atomic mass is 10.1. The van der Waals surface area contributed by atoms with Crippen LogP contribution in [-0.4, -0.2) is 28.5 Å². The first kappa shape index (κ1) is 18.6. The van der Waals surface area contributed by atoms with E-state index in [-0.39, 0.29) is 23.8 Å². The SMILES string of the molecule is Cc1cc(NC(=O)Cn2c(N3CCCCC3)nc3ccsc3c2=O)ccc1F. The minimum absolute atomic E-state index is 0.137. The van der Waals surface area contributed by atoms with E-state index >= 15 is 0 Å². The predicted molar refractivity (Wildman–Crippen MR) is 110 cm³/mol. The van der Waals surface area contributed by atoms with Gasteiger partial charge in [0.1, 0.15) is 17.1 Å². The molecule has 1 aliphatic rings. The van der Waals surface area contributed by atoms with Crippen molar-refractivity contribution in [2.45, 2.75) is 32.7 Å². The summed E-state index contributed by atoms with van der Waals surface area (Å²) in [5, 5.41) is 4.59. The number of carbonyl (C=O) groups excluding carboxylic acids is 1. The van der Waals surface area contributed by atoms with E-state index in [0.717, 1.165) is 32.4 Å². The summed E-state index contributed by atoms with van der Waals surface area (Å²) in [5.41, 5.74) is 1.42. The van der Waals surface area contributed by atoms with Crippen LogP contribution in [0.15, 0.2) is 34.4 Å². The van der Waals surface area contributed by atoms with Gasteiger partial charge in [0.05, 0.1) is 5.52 Å². The molecular formula is C20H21FN4O2S. The maximum Gasteiger partial charge on any atom is 0.273 e. The van der Waals surface area contributed by atoms with E-state index in [1.54, 1.807) is 13.0 Å². The van der Waals surface area contributed by atoms with Gasteiger partial charge in [0.15, 0.2) is 0 Å². The van der Waals surface area contributed by atoms with E-state index in [0.29, 0.717) is 27.4 Å². The van der Waals surface area contributed by atoms with Crippen molar-refractivity contribution < 1.29 is 9.18 Å². The molecule has 0 bridgehead atoms. The first-order chi connectivity index (χ1) is 13.5.